The highest BCUT2D eigenvalue weighted by atomic mass is 35.5. The number of hydrogen-bond donors (Lipinski definition) is 0. The van der Waals surface area contributed by atoms with Crippen molar-refractivity contribution in [2.24, 2.45) is 0 Å². The van der Waals surface area contributed by atoms with Crippen LogP contribution in [-0.4, -0.2) is 71.1 Å². The Bertz CT molecular complexity index is 1660. The molecule has 1 aliphatic heterocycles. The summed E-state index contributed by atoms with van der Waals surface area (Å²) in [6, 6.07) is 28.1. The molecule has 1 aliphatic rings. The molecule has 4 aromatic carbocycles. The third-order valence-electron chi connectivity index (χ3n) is 7.68. The van der Waals surface area contributed by atoms with E-state index >= 15 is 0 Å². The fourth-order valence-corrected chi connectivity index (χ4v) is 6.99. The van der Waals surface area contributed by atoms with E-state index in [2.05, 4.69) is 29.2 Å². The summed E-state index contributed by atoms with van der Waals surface area (Å²) in [4.78, 5) is 17.6. The minimum Gasteiger partial charge on any atom is -0.493 e. The van der Waals surface area contributed by atoms with Gasteiger partial charge >= 0.3 is 0 Å². The van der Waals surface area contributed by atoms with Crippen LogP contribution in [0.4, 0.5) is 10.1 Å². The van der Waals surface area contributed by atoms with Gasteiger partial charge < -0.3 is 14.4 Å². The molecule has 0 unspecified atom stereocenters. The number of sulfonamides is 1. The van der Waals surface area contributed by atoms with Gasteiger partial charge in [-0.25, -0.2) is 12.8 Å². The minimum atomic E-state index is -4.31. The number of ether oxygens (including phenoxy) is 2. The van der Waals surface area contributed by atoms with Crippen molar-refractivity contribution < 1.29 is 27.1 Å². The van der Waals surface area contributed by atoms with Gasteiger partial charge in [0.2, 0.25) is 5.91 Å². The van der Waals surface area contributed by atoms with Gasteiger partial charge in [0.1, 0.15) is 12.4 Å². The molecule has 44 heavy (non-hydrogen) atoms. The van der Waals surface area contributed by atoms with Gasteiger partial charge in [-0.3, -0.25) is 14.0 Å². The summed E-state index contributed by atoms with van der Waals surface area (Å²) in [5, 5.41) is -0.260. The van der Waals surface area contributed by atoms with Gasteiger partial charge in [0, 0.05) is 32.2 Å². The van der Waals surface area contributed by atoms with Crippen molar-refractivity contribution in [2.45, 2.75) is 10.9 Å². The first-order valence-corrected chi connectivity index (χ1v) is 15.9. The Morgan fingerprint density at radius 2 is 1.43 bits per heavy atom. The van der Waals surface area contributed by atoms with E-state index in [9.17, 15) is 17.6 Å². The van der Waals surface area contributed by atoms with Gasteiger partial charge in [0.25, 0.3) is 10.0 Å². The second-order valence-corrected chi connectivity index (χ2v) is 12.5. The lowest BCUT2D eigenvalue weighted by atomic mass is 9.96. The van der Waals surface area contributed by atoms with Crippen LogP contribution in [0, 0.1) is 5.82 Å². The molecule has 0 aromatic heterocycles. The summed E-state index contributed by atoms with van der Waals surface area (Å²) in [7, 11) is -1.47. The van der Waals surface area contributed by atoms with Gasteiger partial charge in [0.15, 0.2) is 11.5 Å². The van der Waals surface area contributed by atoms with Crippen LogP contribution < -0.4 is 13.8 Å². The van der Waals surface area contributed by atoms with Crippen LogP contribution in [0.15, 0.2) is 102 Å². The molecule has 230 valence electrons. The molecule has 0 saturated carbocycles. The first kappa shape index (κ1) is 31.3. The lowest BCUT2D eigenvalue weighted by Crippen LogP contribution is -2.52. The smallest absolute Gasteiger partial charge is 0.264 e. The molecule has 5 rings (SSSR count). The molecule has 1 amide bonds. The molecule has 8 nitrogen and oxygen atoms in total. The first-order chi connectivity index (χ1) is 21.2. The lowest BCUT2D eigenvalue weighted by Gasteiger charge is -2.40. The molecule has 11 heteroatoms. The monoisotopic (exact) mass is 637 g/mol. The van der Waals surface area contributed by atoms with E-state index in [4.69, 9.17) is 21.1 Å². The number of hydrogen-bond acceptors (Lipinski definition) is 6. The van der Waals surface area contributed by atoms with Crippen LogP contribution in [0.25, 0.3) is 0 Å². The first-order valence-electron chi connectivity index (χ1n) is 14.0. The zero-order valence-corrected chi connectivity index (χ0v) is 26.0. The van der Waals surface area contributed by atoms with Gasteiger partial charge in [-0.15, -0.1) is 0 Å². The topological polar surface area (TPSA) is 79.4 Å². The van der Waals surface area contributed by atoms with Gasteiger partial charge in [-0.05, 0) is 41.5 Å². The quantitative estimate of drug-likeness (QED) is 0.224. The van der Waals surface area contributed by atoms with Crippen molar-refractivity contribution >= 4 is 33.2 Å². The molecule has 1 saturated heterocycles. The number of rotatable bonds is 10. The molecular formula is C33H33ClFN3O5S. The predicted molar refractivity (Wildman–Crippen MR) is 168 cm³/mol. The number of anilines is 1. The molecule has 0 N–H and O–H groups in total. The number of halogens is 2. The molecule has 0 spiro atoms. The Kier molecular flexibility index (Phi) is 9.73. The van der Waals surface area contributed by atoms with Crippen molar-refractivity contribution in [3.05, 3.63) is 119 Å². The van der Waals surface area contributed by atoms with Crippen LogP contribution in [-0.2, 0) is 14.8 Å². The summed E-state index contributed by atoms with van der Waals surface area (Å²) in [6.07, 6.45) is 0. The van der Waals surface area contributed by atoms with Crippen LogP contribution in [0.2, 0.25) is 5.02 Å². The zero-order chi connectivity index (χ0) is 31.3. The summed E-state index contributed by atoms with van der Waals surface area (Å²) >= 11 is 6.04. The average Bonchev–Trinajstić information content (AvgIpc) is 3.06. The Morgan fingerprint density at radius 1 is 0.841 bits per heavy atom. The van der Waals surface area contributed by atoms with E-state index in [-0.39, 0.29) is 33.3 Å². The number of piperazine rings is 1. The van der Waals surface area contributed by atoms with E-state index in [1.807, 2.05) is 36.4 Å². The van der Waals surface area contributed by atoms with E-state index in [1.165, 1.54) is 44.6 Å². The third-order valence-corrected chi connectivity index (χ3v) is 9.74. The largest absolute Gasteiger partial charge is 0.493 e. The fourth-order valence-electron chi connectivity index (χ4n) is 5.40. The summed E-state index contributed by atoms with van der Waals surface area (Å²) in [5.74, 6) is -0.529. The second-order valence-electron chi connectivity index (χ2n) is 10.3. The fraction of sp³-hybridized carbons (Fsp3) is 0.242. The molecule has 1 heterocycles. The summed E-state index contributed by atoms with van der Waals surface area (Å²) in [5.41, 5.74) is 2.36. The predicted octanol–water partition coefficient (Wildman–Crippen LogP) is 5.63. The van der Waals surface area contributed by atoms with E-state index in [0.717, 1.165) is 21.5 Å². The molecule has 0 radical (unpaired) electrons. The SMILES string of the molecule is COc1ccc(S(=O)(=O)N(CC(=O)N2CCN(C(c3ccccc3)c3ccccc3)CC2)c2ccc(F)c(Cl)c2)cc1OC. The molecule has 0 bridgehead atoms. The van der Waals surface area contributed by atoms with Crippen molar-refractivity contribution in [1.82, 2.24) is 9.80 Å². The van der Waals surface area contributed by atoms with E-state index < -0.39 is 22.4 Å². The number of amides is 1. The summed E-state index contributed by atoms with van der Waals surface area (Å²) < 4.78 is 53.5. The Hall–Kier alpha value is -4.12. The normalized spacial score (nSPS) is 14.0. The molecule has 0 atom stereocenters. The maximum absolute atomic E-state index is 14.1. The van der Waals surface area contributed by atoms with E-state index in [0.29, 0.717) is 31.9 Å². The molecule has 1 fully saturated rings. The Labute approximate surface area is 262 Å². The summed E-state index contributed by atoms with van der Waals surface area (Å²) in [6.45, 7) is 1.49. The van der Waals surface area contributed by atoms with Gasteiger partial charge in [-0.1, -0.05) is 72.3 Å². The lowest BCUT2D eigenvalue weighted by molar-refractivity contribution is -0.131. The van der Waals surface area contributed by atoms with Crippen molar-refractivity contribution in [3.8, 4) is 11.5 Å². The number of nitrogens with zero attached hydrogens (tertiary/aromatic N) is 3. The van der Waals surface area contributed by atoms with Gasteiger partial charge in [0.05, 0.1) is 35.9 Å². The van der Waals surface area contributed by atoms with Crippen LogP contribution in [0.5, 0.6) is 11.5 Å². The third kappa shape index (κ3) is 6.67. The number of methoxy groups -OCH3 is 2. The highest BCUT2D eigenvalue weighted by Gasteiger charge is 2.33. The number of benzene rings is 4. The van der Waals surface area contributed by atoms with Crippen LogP contribution in [0.1, 0.15) is 17.2 Å². The average molecular weight is 638 g/mol. The van der Waals surface area contributed by atoms with Crippen molar-refractivity contribution in [3.63, 3.8) is 0 Å². The number of carbonyl (C=O) groups excluding carboxylic acids is 1. The molecule has 0 aliphatic carbocycles. The van der Waals surface area contributed by atoms with Crippen molar-refractivity contribution in [2.75, 3.05) is 51.2 Å². The van der Waals surface area contributed by atoms with Gasteiger partial charge in [-0.2, -0.15) is 0 Å². The molecular weight excluding hydrogens is 605 g/mol. The minimum absolute atomic E-state index is 0.0120. The maximum Gasteiger partial charge on any atom is 0.264 e. The number of carbonyl (C=O) groups is 1. The standard InChI is InChI=1S/C33H33ClFN3O5S/c1-42-30-16-14-27(22-31(30)43-2)44(40,41)38(26-13-15-29(35)28(34)21-26)23-32(39)36-17-19-37(20-18-36)33(24-9-5-3-6-10-24)25-11-7-4-8-12-25/h3-16,21-22,33H,17-20,23H2,1-2H3. The highest BCUT2D eigenvalue weighted by Crippen LogP contribution is 2.34. The van der Waals surface area contributed by atoms with Crippen LogP contribution in [0.3, 0.4) is 0 Å². The van der Waals surface area contributed by atoms with E-state index in [1.54, 1.807) is 4.90 Å². The zero-order valence-electron chi connectivity index (χ0n) is 24.4. The maximum atomic E-state index is 14.1. The highest BCUT2D eigenvalue weighted by molar-refractivity contribution is 7.92. The molecule has 4 aromatic rings. The Morgan fingerprint density at radius 3 is 1.98 bits per heavy atom. The Balaban J connectivity index is 1.39. The van der Waals surface area contributed by atoms with Crippen molar-refractivity contribution in [1.29, 1.82) is 0 Å². The second kappa shape index (κ2) is 13.7. The van der Waals surface area contributed by atoms with Crippen LogP contribution >= 0.6 is 11.6 Å².